The maximum absolute atomic E-state index is 5.96. The van der Waals surface area contributed by atoms with Crippen LogP contribution < -0.4 is 5.73 Å². The lowest BCUT2D eigenvalue weighted by atomic mass is 9.94. The normalized spacial score (nSPS) is 14.2. The van der Waals surface area contributed by atoms with Gasteiger partial charge >= 0.3 is 0 Å². The molecular weight excluding hydrogens is 314 g/mol. The fourth-order valence-electron chi connectivity index (χ4n) is 2.30. The number of nitrogens with two attached hydrogens (primary N) is 1. The fraction of sp³-hybridized carbons (Fsp3) is 0.438. The second-order valence-corrected chi connectivity index (χ2v) is 6.06. The summed E-state index contributed by atoms with van der Waals surface area (Å²) < 4.78 is 3.17. The van der Waals surface area contributed by atoms with E-state index in [9.17, 15) is 0 Å². The van der Waals surface area contributed by atoms with Crippen LogP contribution in [0.3, 0.4) is 0 Å². The van der Waals surface area contributed by atoms with Crippen LogP contribution in [0.15, 0.2) is 41.0 Å². The Labute approximate surface area is 129 Å². The van der Waals surface area contributed by atoms with E-state index < -0.39 is 0 Å². The third kappa shape index (κ3) is 3.49. The van der Waals surface area contributed by atoms with E-state index in [1.807, 2.05) is 10.7 Å². The van der Waals surface area contributed by atoms with Crippen molar-refractivity contribution in [2.75, 3.05) is 6.54 Å². The van der Waals surface area contributed by atoms with Gasteiger partial charge in [-0.25, -0.2) is 0 Å². The van der Waals surface area contributed by atoms with Gasteiger partial charge in [-0.3, -0.25) is 4.68 Å². The van der Waals surface area contributed by atoms with E-state index in [1.54, 1.807) is 0 Å². The van der Waals surface area contributed by atoms with E-state index in [4.69, 9.17) is 5.73 Å². The molecule has 2 unspecified atom stereocenters. The minimum atomic E-state index is 0.297. The molecule has 4 heteroatoms. The molecule has 1 heterocycles. The Bertz CT molecular complexity index is 550. The molecule has 20 heavy (non-hydrogen) atoms. The average Bonchev–Trinajstić information content (AvgIpc) is 2.93. The van der Waals surface area contributed by atoms with Crippen LogP contribution in [0.5, 0.6) is 0 Å². The van der Waals surface area contributed by atoms with Gasteiger partial charge in [-0.1, -0.05) is 41.1 Å². The molecule has 0 bridgehead atoms. The molecule has 0 fully saturated rings. The van der Waals surface area contributed by atoms with Crippen molar-refractivity contribution in [3.05, 3.63) is 52.3 Å². The molecule has 0 radical (unpaired) electrons. The zero-order valence-corrected chi connectivity index (χ0v) is 13.7. The molecule has 2 aromatic rings. The maximum atomic E-state index is 5.96. The zero-order chi connectivity index (χ0) is 14.5. The minimum absolute atomic E-state index is 0.297. The summed E-state index contributed by atoms with van der Waals surface area (Å²) in [6.45, 7) is 4.99. The molecular formula is C16H22BrN3. The summed E-state index contributed by atoms with van der Waals surface area (Å²) in [6, 6.07) is 10.8. The first kappa shape index (κ1) is 15.3. The van der Waals surface area contributed by atoms with Gasteiger partial charge in [-0.05, 0) is 44.0 Å². The maximum Gasteiger partial charge on any atom is 0.0631 e. The van der Waals surface area contributed by atoms with Gasteiger partial charge in [0.15, 0.2) is 0 Å². The number of rotatable bonds is 6. The first-order valence-electron chi connectivity index (χ1n) is 7.14. The number of benzene rings is 1. The molecule has 1 aromatic heterocycles. The molecule has 2 rings (SSSR count). The Balaban J connectivity index is 2.15. The second-order valence-electron chi connectivity index (χ2n) is 5.20. The predicted octanol–water partition coefficient (Wildman–Crippen LogP) is 3.90. The Morgan fingerprint density at radius 3 is 2.70 bits per heavy atom. The number of nitrogens with zero attached hydrogens (tertiary/aromatic N) is 2. The smallest absolute Gasteiger partial charge is 0.0631 e. The van der Waals surface area contributed by atoms with Crippen molar-refractivity contribution in [1.29, 1.82) is 0 Å². The van der Waals surface area contributed by atoms with Crippen LogP contribution in [0.4, 0.5) is 0 Å². The highest BCUT2D eigenvalue weighted by Crippen LogP contribution is 2.27. The van der Waals surface area contributed by atoms with Gasteiger partial charge in [0.05, 0.1) is 5.69 Å². The van der Waals surface area contributed by atoms with Crippen LogP contribution in [0.1, 0.15) is 43.5 Å². The summed E-state index contributed by atoms with van der Waals surface area (Å²) in [6.07, 6.45) is 4.03. The first-order valence-corrected chi connectivity index (χ1v) is 7.93. The van der Waals surface area contributed by atoms with Crippen molar-refractivity contribution in [1.82, 2.24) is 9.78 Å². The van der Waals surface area contributed by atoms with Gasteiger partial charge in [-0.2, -0.15) is 5.10 Å². The number of hydrogen-bond acceptors (Lipinski definition) is 2. The summed E-state index contributed by atoms with van der Waals surface area (Å²) in [5, 5.41) is 4.67. The zero-order valence-electron chi connectivity index (χ0n) is 12.1. The molecule has 0 aliphatic heterocycles. The van der Waals surface area contributed by atoms with E-state index >= 15 is 0 Å². The quantitative estimate of drug-likeness (QED) is 0.869. The Morgan fingerprint density at radius 1 is 1.30 bits per heavy atom. The van der Waals surface area contributed by atoms with Crippen LogP contribution in [0.2, 0.25) is 0 Å². The van der Waals surface area contributed by atoms with Gasteiger partial charge in [0.1, 0.15) is 0 Å². The first-order chi connectivity index (χ1) is 9.65. The number of aromatic nitrogens is 2. The van der Waals surface area contributed by atoms with Crippen molar-refractivity contribution in [2.24, 2.45) is 5.73 Å². The average molecular weight is 336 g/mol. The summed E-state index contributed by atoms with van der Waals surface area (Å²) in [5.74, 6) is 0.297. The molecule has 0 spiro atoms. The van der Waals surface area contributed by atoms with Crippen LogP contribution in [0, 0.1) is 0 Å². The SMILES string of the molecule is CCC(C)n1ccc(CC(CN)c2ccccc2Br)n1. The molecule has 1 aromatic carbocycles. The standard InChI is InChI=1S/C16H22BrN3/c1-3-12(2)20-9-8-14(19-20)10-13(11-18)15-6-4-5-7-16(15)17/h4-9,12-13H,3,10-11,18H2,1-2H3. The van der Waals surface area contributed by atoms with Crippen LogP contribution in [0.25, 0.3) is 0 Å². The van der Waals surface area contributed by atoms with Crippen molar-refractivity contribution in [3.8, 4) is 0 Å². The molecule has 0 aliphatic rings. The van der Waals surface area contributed by atoms with Crippen LogP contribution in [-0.2, 0) is 6.42 Å². The second kappa shape index (κ2) is 7.04. The highest BCUT2D eigenvalue weighted by Gasteiger charge is 2.15. The minimum Gasteiger partial charge on any atom is -0.330 e. The van der Waals surface area contributed by atoms with E-state index in [-0.39, 0.29) is 0 Å². The summed E-state index contributed by atoms with van der Waals surface area (Å²) in [5.41, 5.74) is 8.32. The summed E-state index contributed by atoms with van der Waals surface area (Å²) in [7, 11) is 0. The molecule has 0 saturated heterocycles. The van der Waals surface area contributed by atoms with Crippen molar-refractivity contribution >= 4 is 15.9 Å². The van der Waals surface area contributed by atoms with Gasteiger partial charge in [0.2, 0.25) is 0 Å². The lowest BCUT2D eigenvalue weighted by Gasteiger charge is -2.16. The molecule has 2 atom stereocenters. The van der Waals surface area contributed by atoms with Gasteiger partial charge in [-0.15, -0.1) is 0 Å². The van der Waals surface area contributed by atoms with E-state index in [2.05, 4.69) is 65.3 Å². The van der Waals surface area contributed by atoms with Crippen molar-refractivity contribution in [2.45, 2.75) is 38.6 Å². The van der Waals surface area contributed by atoms with Crippen molar-refractivity contribution in [3.63, 3.8) is 0 Å². The Morgan fingerprint density at radius 2 is 2.05 bits per heavy atom. The highest BCUT2D eigenvalue weighted by molar-refractivity contribution is 9.10. The Kier molecular flexibility index (Phi) is 5.38. The van der Waals surface area contributed by atoms with Crippen LogP contribution in [-0.4, -0.2) is 16.3 Å². The molecule has 3 nitrogen and oxygen atoms in total. The topological polar surface area (TPSA) is 43.8 Å². The number of halogens is 1. The van der Waals surface area contributed by atoms with Crippen LogP contribution >= 0.6 is 15.9 Å². The fourth-order valence-corrected chi connectivity index (χ4v) is 2.91. The molecule has 0 aliphatic carbocycles. The Hall–Kier alpha value is -1.13. The lowest BCUT2D eigenvalue weighted by Crippen LogP contribution is -2.16. The van der Waals surface area contributed by atoms with E-state index in [0.29, 0.717) is 18.5 Å². The van der Waals surface area contributed by atoms with E-state index in [1.165, 1.54) is 5.56 Å². The molecule has 108 valence electrons. The number of hydrogen-bond donors (Lipinski definition) is 1. The largest absolute Gasteiger partial charge is 0.330 e. The van der Waals surface area contributed by atoms with Gasteiger partial charge in [0, 0.05) is 22.6 Å². The summed E-state index contributed by atoms with van der Waals surface area (Å²) in [4.78, 5) is 0. The molecule has 0 saturated carbocycles. The predicted molar refractivity (Wildman–Crippen MR) is 86.9 cm³/mol. The lowest BCUT2D eigenvalue weighted by molar-refractivity contribution is 0.471. The van der Waals surface area contributed by atoms with E-state index in [0.717, 1.165) is 23.0 Å². The monoisotopic (exact) mass is 335 g/mol. The third-order valence-electron chi connectivity index (χ3n) is 3.79. The third-order valence-corrected chi connectivity index (χ3v) is 4.51. The highest BCUT2D eigenvalue weighted by atomic mass is 79.9. The molecule has 2 N–H and O–H groups in total. The van der Waals surface area contributed by atoms with Crippen molar-refractivity contribution < 1.29 is 0 Å². The van der Waals surface area contributed by atoms with Gasteiger partial charge < -0.3 is 5.73 Å². The molecule has 0 amide bonds. The summed E-state index contributed by atoms with van der Waals surface area (Å²) >= 11 is 3.61. The van der Waals surface area contributed by atoms with Gasteiger partial charge in [0.25, 0.3) is 0 Å².